The highest BCUT2D eigenvalue weighted by Gasteiger charge is 2.19. The van der Waals surface area contributed by atoms with Gasteiger partial charge in [0.15, 0.2) is 0 Å². The summed E-state index contributed by atoms with van der Waals surface area (Å²) >= 11 is 0. The molecular formula is C24H28N2O2. The molecule has 4 heteroatoms. The van der Waals surface area contributed by atoms with Gasteiger partial charge >= 0.3 is 5.63 Å². The molecule has 28 heavy (non-hydrogen) atoms. The second-order valence-corrected chi connectivity index (χ2v) is 8.69. The maximum Gasteiger partial charge on any atom is 0.336 e. The smallest absolute Gasteiger partial charge is 0.336 e. The van der Waals surface area contributed by atoms with Gasteiger partial charge in [-0.15, -0.1) is 0 Å². The number of rotatable bonds is 3. The van der Waals surface area contributed by atoms with Gasteiger partial charge in [-0.25, -0.2) is 4.79 Å². The van der Waals surface area contributed by atoms with E-state index in [1.54, 1.807) is 0 Å². The molecule has 2 heterocycles. The SMILES string of the molecule is CC(C)(C)c1ccc(N2CCN(Cc3ccc4ccc(=O)oc4c3)CC2)cc1. The zero-order chi connectivity index (χ0) is 19.7. The summed E-state index contributed by atoms with van der Waals surface area (Å²) in [5, 5.41) is 0.965. The van der Waals surface area contributed by atoms with Crippen LogP contribution in [0.25, 0.3) is 11.0 Å². The van der Waals surface area contributed by atoms with Gasteiger partial charge in [0.25, 0.3) is 0 Å². The summed E-state index contributed by atoms with van der Waals surface area (Å²) in [6.45, 7) is 11.7. The lowest BCUT2D eigenvalue weighted by Gasteiger charge is -2.36. The van der Waals surface area contributed by atoms with E-state index in [4.69, 9.17) is 4.42 Å². The molecule has 1 saturated heterocycles. The lowest BCUT2D eigenvalue weighted by atomic mass is 9.87. The second-order valence-electron chi connectivity index (χ2n) is 8.69. The number of benzene rings is 2. The van der Waals surface area contributed by atoms with Gasteiger partial charge in [-0.3, -0.25) is 4.90 Å². The first-order valence-corrected chi connectivity index (χ1v) is 9.99. The lowest BCUT2D eigenvalue weighted by molar-refractivity contribution is 0.250. The third kappa shape index (κ3) is 4.12. The molecule has 4 rings (SSSR count). The molecule has 0 radical (unpaired) electrons. The fourth-order valence-corrected chi connectivity index (χ4v) is 3.80. The number of nitrogens with zero attached hydrogens (tertiary/aromatic N) is 2. The van der Waals surface area contributed by atoms with Crippen LogP contribution >= 0.6 is 0 Å². The quantitative estimate of drug-likeness (QED) is 0.635. The molecule has 2 aromatic carbocycles. The van der Waals surface area contributed by atoms with Crippen LogP contribution in [0.4, 0.5) is 5.69 Å². The minimum Gasteiger partial charge on any atom is -0.423 e. The predicted octanol–water partition coefficient (Wildman–Crippen LogP) is 4.41. The molecule has 1 aromatic heterocycles. The Labute approximate surface area is 166 Å². The van der Waals surface area contributed by atoms with Crippen LogP contribution in [0.2, 0.25) is 0 Å². The summed E-state index contributed by atoms with van der Waals surface area (Å²) in [4.78, 5) is 16.4. The first-order chi connectivity index (χ1) is 13.4. The molecule has 3 aromatic rings. The molecule has 4 nitrogen and oxygen atoms in total. The van der Waals surface area contributed by atoms with Crippen molar-refractivity contribution in [1.29, 1.82) is 0 Å². The van der Waals surface area contributed by atoms with Crippen molar-refractivity contribution < 1.29 is 4.42 Å². The van der Waals surface area contributed by atoms with Crippen LogP contribution in [-0.4, -0.2) is 31.1 Å². The molecule has 0 bridgehead atoms. The molecule has 0 atom stereocenters. The van der Waals surface area contributed by atoms with E-state index in [0.29, 0.717) is 5.58 Å². The van der Waals surface area contributed by atoms with Gasteiger partial charge in [0.05, 0.1) is 0 Å². The van der Waals surface area contributed by atoms with Crippen LogP contribution in [0.5, 0.6) is 0 Å². The Balaban J connectivity index is 1.38. The third-order valence-electron chi connectivity index (χ3n) is 5.56. The summed E-state index contributed by atoms with van der Waals surface area (Å²) in [7, 11) is 0. The Morgan fingerprint density at radius 3 is 2.25 bits per heavy atom. The Kier molecular flexibility index (Phi) is 4.98. The van der Waals surface area contributed by atoms with Gasteiger partial charge in [0.1, 0.15) is 5.58 Å². The highest BCUT2D eigenvalue weighted by atomic mass is 16.4. The summed E-state index contributed by atoms with van der Waals surface area (Å²) in [5.41, 5.74) is 4.43. The fourth-order valence-electron chi connectivity index (χ4n) is 3.80. The normalized spacial score (nSPS) is 15.9. The highest BCUT2D eigenvalue weighted by Crippen LogP contribution is 2.25. The van der Waals surface area contributed by atoms with Crippen molar-refractivity contribution in [3.8, 4) is 0 Å². The van der Waals surface area contributed by atoms with E-state index in [1.807, 2.05) is 18.2 Å². The van der Waals surface area contributed by atoms with Crippen molar-refractivity contribution in [2.45, 2.75) is 32.7 Å². The van der Waals surface area contributed by atoms with Gasteiger partial charge in [-0.1, -0.05) is 45.0 Å². The molecule has 1 aliphatic rings. The average molecular weight is 377 g/mol. The van der Waals surface area contributed by atoms with Crippen LogP contribution in [0.3, 0.4) is 0 Å². The van der Waals surface area contributed by atoms with Crippen molar-refractivity contribution in [3.63, 3.8) is 0 Å². The standard InChI is InChI=1S/C24H28N2O2/c1-24(2,3)20-7-9-21(10-8-20)26-14-12-25(13-15-26)17-18-4-5-19-6-11-23(27)28-22(19)16-18/h4-11,16H,12-15,17H2,1-3H3. The van der Waals surface area contributed by atoms with Crippen LogP contribution in [-0.2, 0) is 12.0 Å². The van der Waals surface area contributed by atoms with Gasteiger partial charge in [-0.05, 0) is 40.8 Å². The van der Waals surface area contributed by atoms with E-state index < -0.39 is 0 Å². The Morgan fingerprint density at radius 1 is 0.893 bits per heavy atom. The molecule has 1 fully saturated rings. The molecule has 1 aliphatic heterocycles. The van der Waals surface area contributed by atoms with Crippen molar-refractivity contribution in [1.82, 2.24) is 4.90 Å². The lowest BCUT2D eigenvalue weighted by Crippen LogP contribution is -2.45. The minimum absolute atomic E-state index is 0.191. The second kappa shape index (κ2) is 7.44. The van der Waals surface area contributed by atoms with Gasteiger partial charge in [-0.2, -0.15) is 0 Å². The van der Waals surface area contributed by atoms with E-state index >= 15 is 0 Å². The number of fused-ring (bicyclic) bond motifs is 1. The number of anilines is 1. The first kappa shape index (κ1) is 18.8. The molecule has 0 amide bonds. The van der Waals surface area contributed by atoms with Crippen molar-refractivity contribution >= 4 is 16.7 Å². The van der Waals surface area contributed by atoms with E-state index in [9.17, 15) is 4.79 Å². The molecule has 0 N–H and O–H groups in total. The highest BCUT2D eigenvalue weighted by molar-refractivity contribution is 5.76. The summed E-state index contributed by atoms with van der Waals surface area (Å²) < 4.78 is 5.32. The van der Waals surface area contributed by atoms with Gasteiger partial charge < -0.3 is 9.32 Å². The van der Waals surface area contributed by atoms with E-state index in [1.165, 1.54) is 22.9 Å². The zero-order valence-electron chi connectivity index (χ0n) is 16.9. The Bertz CT molecular complexity index is 1010. The first-order valence-electron chi connectivity index (χ1n) is 9.99. The zero-order valence-corrected chi connectivity index (χ0v) is 16.9. The largest absolute Gasteiger partial charge is 0.423 e. The predicted molar refractivity (Wildman–Crippen MR) is 115 cm³/mol. The maximum atomic E-state index is 11.4. The van der Waals surface area contributed by atoms with E-state index in [0.717, 1.165) is 38.1 Å². The number of hydrogen-bond donors (Lipinski definition) is 0. The van der Waals surface area contributed by atoms with Crippen molar-refractivity contribution in [2.24, 2.45) is 0 Å². The Morgan fingerprint density at radius 2 is 1.57 bits per heavy atom. The minimum atomic E-state index is -0.296. The van der Waals surface area contributed by atoms with E-state index in [2.05, 4.69) is 60.9 Å². The summed E-state index contributed by atoms with van der Waals surface area (Å²) in [6, 6.07) is 18.4. The van der Waals surface area contributed by atoms with E-state index in [-0.39, 0.29) is 11.0 Å². The summed E-state index contributed by atoms with van der Waals surface area (Å²) in [6.07, 6.45) is 0. The van der Waals surface area contributed by atoms with Gasteiger partial charge in [0.2, 0.25) is 0 Å². The topological polar surface area (TPSA) is 36.7 Å². The molecule has 0 unspecified atom stereocenters. The Hall–Kier alpha value is -2.59. The van der Waals surface area contributed by atoms with Crippen LogP contribution in [0, 0.1) is 0 Å². The number of piperazine rings is 1. The monoisotopic (exact) mass is 376 g/mol. The third-order valence-corrected chi connectivity index (χ3v) is 5.56. The molecule has 0 saturated carbocycles. The van der Waals surface area contributed by atoms with Crippen LogP contribution < -0.4 is 10.5 Å². The van der Waals surface area contributed by atoms with Crippen molar-refractivity contribution in [2.75, 3.05) is 31.1 Å². The van der Waals surface area contributed by atoms with Gasteiger partial charge in [0, 0.05) is 49.9 Å². The van der Waals surface area contributed by atoms with Crippen LogP contribution in [0.15, 0.2) is 63.8 Å². The van der Waals surface area contributed by atoms with Crippen molar-refractivity contribution in [3.05, 3.63) is 76.1 Å². The summed E-state index contributed by atoms with van der Waals surface area (Å²) in [5.74, 6) is 0. The van der Waals surface area contributed by atoms with Crippen LogP contribution in [0.1, 0.15) is 31.9 Å². The average Bonchev–Trinajstić information content (AvgIpc) is 2.68. The molecular weight excluding hydrogens is 348 g/mol. The molecule has 0 aliphatic carbocycles. The molecule has 146 valence electrons. The molecule has 0 spiro atoms. The maximum absolute atomic E-state index is 11.4. The fraction of sp³-hybridized carbons (Fsp3) is 0.375. The number of hydrogen-bond acceptors (Lipinski definition) is 4.